The number of H-pyrrole nitrogens is 1. The van der Waals surface area contributed by atoms with Gasteiger partial charge in [-0.25, -0.2) is 4.98 Å². The number of carbonyl (C=O) groups excluding carboxylic acids is 2. The lowest BCUT2D eigenvalue weighted by molar-refractivity contribution is -0.147. The number of nitrogens with one attached hydrogen (secondary N) is 1. The molecule has 0 aliphatic carbocycles. The largest absolute Gasteiger partial charge is 0.481 e. The summed E-state index contributed by atoms with van der Waals surface area (Å²) in [5.41, 5.74) is 1.56. The number of aromatic amines is 1. The molecule has 1 unspecified atom stereocenters. The SMILES string of the molecule is CN(CC(=O)N1CCCC(C(=O)O)C1)C(=O)Cc1c[nH]c2ncccc12. The van der Waals surface area contributed by atoms with Gasteiger partial charge in [-0.1, -0.05) is 0 Å². The molecule has 0 aromatic carbocycles. The molecule has 8 nitrogen and oxygen atoms in total. The molecule has 0 saturated carbocycles. The van der Waals surface area contributed by atoms with Crippen molar-refractivity contribution in [3.05, 3.63) is 30.1 Å². The number of hydrogen-bond acceptors (Lipinski definition) is 4. The van der Waals surface area contributed by atoms with Gasteiger partial charge in [-0.2, -0.15) is 0 Å². The fraction of sp³-hybridized carbons (Fsp3) is 0.444. The number of piperidine rings is 1. The van der Waals surface area contributed by atoms with E-state index in [1.54, 1.807) is 24.3 Å². The fourth-order valence-corrected chi connectivity index (χ4v) is 3.25. The molecule has 3 heterocycles. The van der Waals surface area contributed by atoms with Crippen LogP contribution in [0.5, 0.6) is 0 Å². The van der Waals surface area contributed by atoms with E-state index in [0.717, 1.165) is 16.6 Å². The number of fused-ring (bicyclic) bond motifs is 1. The first-order valence-electron chi connectivity index (χ1n) is 8.61. The van der Waals surface area contributed by atoms with E-state index in [9.17, 15) is 14.4 Å². The van der Waals surface area contributed by atoms with Gasteiger partial charge in [0.1, 0.15) is 5.65 Å². The van der Waals surface area contributed by atoms with E-state index in [1.165, 1.54) is 4.90 Å². The van der Waals surface area contributed by atoms with Crippen molar-refractivity contribution in [2.75, 3.05) is 26.7 Å². The standard InChI is InChI=1S/C18H22N4O4/c1-21(11-16(24)22-7-3-4-12(10-22)18(25)26)15(23)8-13-9-20-17-14(13)5-2-6-19-17/h2,5-6,9,12H,3-4,7-8,10-11H2,1H3,(H,19,20)(H,25,26). The number of carboxylic acid groups (broad SMARTS) is 1. The topological polar surface area (TPSA) is 107 Å². The van der Waals surface area contributed by atoms with Gasteiger partial charge in [0.15, 0.2) is 0 Å². The van der Waals surface area contributed by atoms with Crippen LogP contribution in [0.25, 0.3) is 11.0 Å². The van der Waals surface area contributed by atoms with Crippen LogP contribution in [-0.2, 0) is 20.8 Å². The molecule has 0 bridgehead atoms. The van der Waals surface area contributed by atoms with Crippen LogP contribution in [-0.4, -0.2) is 69.3 Å². The maximum Gasteiger partial charge on any atom is 0.308 e. The summed E-state index contributed by atoms with van der Waals surface area (Å²) in [5, 5.41) is 10.0. The van der Waals surface area contributed by atoms with Crippen LogP contribution < -0.4 is 0 Å². The normalized spacial score (nSPS) is 17.3. The van der Waals surface area contributed by atoms with E-state index < -0.39 is 11.9 Å². The quantitative estimate of drug-likeness (QED) is 0.825. The summed E-state index contributed by atoms with van der Waals surface area (Å²) in [5.74, 6) is -1.78. The van der Waals surface area contributed by atoms with Gasteiger partial charge in [0.25, 0.3) is 0 Å². The lowest BCUT2D eigenvalue weighted by Gasteiger charge is -2.32. The average Bonchev–Trinajstić information content (AvgIpc) is 3.04. The van der Waals surface area contributed by atoms with E-state index in [0.29, 0.717) is 19.4 Å². The maximum absolute atomic E-state index is 12.5. The minimum atomic E-state index is -0.875. The van der Waals surface area contributed by atoms with Crippen LogP contribution in [0, 0.1) is 5.92 Å². The van der Waals surface area contributed by atoms with Gasteiger partial charge in [0, 0.05) is 37.9 Å². The smallest absolute Gasteiger partial charge is 0.308 e. The van der Waals surface area contributed by atoms with Gasteiger partial charge >= 0.3 is 5.97 Å². The van der Waals surface area contributed by atoms with Crippen molar-refractivity contribution in [3.63, 3.8) is 0 Å². The van der Waals surface area contributed by atoms with Crippen molar-refractivity contribution in [2.45, 2.75) is 19.3 Å². The molecule has 2 amide bonds. The number of rotatable bonds is 5. The Morgan fingerprint density at radius 2 is 2.23 bits per heavy atom. The number of likely N-dealkylation sites (tertiary alicyclic amines) is 1. The van der Waals surface area contributed by atoms with E-state index in [-0.39, 0.29) is 31.3 Å². The molecule has 2 N–H and O–H groups in total. The highest BCUT2D eigenvalue weighted by Crippen LogP contribution is 2.18. The van der Waals surface area contributed by atoms with Crippen molar-refractivity contribution in [3.8, 4) is 0 Å². The molecule has 1 atom stereocenters. The number of aromatic nitrogens is 2. The molecule has 1 aliphatic heterocycles. The zero-order valence-electron chi connectivity index (χ0n) is 14.6. The zero-order chi connectivity index (χ0) is 18.7. The van der Waals surface area contributed by atoms with Crippen molar-refractivity contribution in [1.29, 1.82) is 0 Å². The van der Waals surface area contributed by atoms with E-state index in [4.69, 9.17) is 5.11 Å². The summed E-state index contributed by atoms with van der Waals surface area (Å²) in [6, 6.07) is 3.71. The lowest BCUT2D eigenvalue weighted by atomic mass is 9.98. The average molecular weight is 358 g/mol. The van der Waals surface area contributed by atoms with Crippen LogP contribution in [0.3, 0.4) is 0 Å². The van der Waals surface area contributed by atoms with Crippen molar-refractivity contribution in [2.24, 2.45) is 5.92 Å². The predicted molar refractivity (Wildman–Crippen MR) is 94.4 cm³/mol. The third-order valence-corrected chi connectivity index (χ3v) is 4.80. The number of carbonyl (C=O) groups is 3. The van der Waals surface area contributed by atoms with Gasteiger partial charge in [-0.15, -0.1) is 0 Å². The van der Waals surface area contributed by atoms with E-state index >= 15 is 0 Å². The highest BCUT2D eigenvalue weighted by molar-refractivity contribution is 5.89. The van der Waals surface area contributed by atoms with Crippen LogP contribution in [0.1, 0.15) is 18.4 Å². The van der Waals surface area contributed by atoms with Gasteiger partial charge in [-0.3, -0.25) is 14.4 Å². The molecule has 1 saturated heterocycles. The molecular formula is C18H22N4O4. The Hall–Kier alpha value is -2.90. The van der Waals surface area contributed by atoms with Crippen molar-refractivity contribution in [1.82, 2.24) is 19.8 Å². The molecule has 26 heavy (non-hydrogen) atoms. The summed E-state index contributed by atoms with van der Waals surface area (Å²) in [4.78, 5) is 46.2. The minimum absolute atomic E-state index is 0.0498. The van der Waals surface area contributed by atoms with Crippen LogP contribution >= 0.6 is 0 Å². The van der Waals surface area contributed by atoms with Crippen LogP contribution in [0.4, 0.5) is 0 Å². The second-order valence-corrected chi connectivity index (χ2v) is 6.66. The Kier molecular flexibility index (Phi) is 5.20. The fourth-order valence-electron chi connectivity index (χ4n) is 3.25. The first-order chi connectivity index (χ1) is 12.5. The first-order valence-corrected chi connectivity index (χ1v) is 8.61. The molecule has 8 heteroatoms. The van der Waals surface area contributed by atoms with Gasteiger partial charge in [-0.05, 0) is 30.5 Å². The Labute approximate surface area is 150 Å². The second kappa shape index (κ2) is 7.55. The van der Waals surface area contributed by atoms with Gasteiger partial charge < -0.3 is 19.9 Å². The second-order valence-electron chi connectivity index (χ2n) is 6.66. The highest BCUT2D eigenvalue weighted by Gasteiger charge is 2.29. The number of hydrogen-bond donors (Lipinski definition) is 2. The summed E-state index contributed by atoms with van der Waals surface area (Å²) >= 11 is 0. The summed E-state index contributed by atoms with van der Waals surface area (Å²) in [6.45, 7) is 0.703. The van der Waals surface area contributed by atoms with Crippen molar-refractivity contribution < 1.29 is 19.5 Å². The van der Waals surface area contributed by atoms with Gasteiger partial charge in [0.05, 0.1) is 18.9 Å². The maximum atomic E-state index is 12.5. The number of nitrogens with zero attached hydrogens (tertiary/aromatic N) is 3. The number of amides is 2. The van der Waals surface area contributed by atoms with E-state index in [2.05, 4.69) is 9.97 Å². The lowest BCUT2D eigenvalue weighted by Crippen LogP contribution is -2.47. The van der Waals surface area contributed by atoms with Crippen molar-refractivity contribution >= 4 is 28.8 Å². The summed E-state index contributed by atoms with van der Waals surface area (Å²) < 4.78 is 0. The minimum Gasteiger partial charge on any atom is -0.481 e. The third-order valence-electron chi connectivity index (χ3n) is 4.80. The third kappa shape index (κ3) is 3.84. The Bertz CT molecular complexity index is 831. The number of pyridine rings is 1. The van der Waals surface area contributed by atoms with Crippen LogP contribution in [0.15, 0.2) is 24.5 Å². The number of aliphatic carboxylic acids is 1. The highest BCUT2D eigenvalue weighted by atomic mass is 16.4. The predicted octanol–water partition coefficient (Wildman–Crippen LogP) is 0.887. The van der Waals surface area contributed by atoms with Gasteiger partial charge in [0.2, 0.25) is 11.8 Å². The molecule has 2 aromatic heterocycles. The molecular weight excluding hydrogens is 336 g/mol. The Balaban J connectivity index is 1.58. The molecule has 1 aliphatic rings. The zero-order valence-corrected chi connectivity index (χ0v) is 14.6. The monoisotopic (exact) mass is 358 g/mol. The molecule has 3 rings (SSSR count). The molecule has 0 spiro atoms. The molecule has 0 radical (unpaired) electrons. The molecule has 2 aromatic rings. The molecule has 1 fully saturated rings. The number of likely N-dealkylation sites (N-methyl/N-ethyl adjacent to an activating group) is 1. The Morgan fingerprint density at radius 3 is 3.00 bits per heavy atom. The number of carboxylic acids is 1. The van der Waals surface area contributed by atoms with E-state index in [1.807, 2.05) is 12.1 Å². The first kappa shape index (κ1) is 17.9. The molecule has 138 valence electrons. The summed E-state index contributed by atoms with van der Waals surface area (Å²) in [6.07, 6.45) is 4.87. The Morgan fingerprint density at radius 1 is 1.42 bits per heavy atom. The summed E-state index contributed by atoms with van der Waals surface area (Å²) in [7, 11) is 1.59. The van der Waals surface area contributed by atoms with Crippen LogP contribution in [0.2, 0.25) is 0 Å².